The van der Waals surface area contributed by atoms with Gasteiger partial charge >= 0.3 is 0 Å². The molecule has 1 aromatic heterocycles. The number of anilines is 1. The lowest BCUT2D eigenvalue weighted by Gasteiger charge is -2.18. The van der Waals surface area contributed by atoms with Gasteiger partial charge in [0.25, 0.3) is 10.0 Å². The summed E-state index contributed by atoms with van der Waals surface area (Å²) < 4.78 is 26.5. The zero-order valence-electron chi connectivity index (χ0n) is 10.4. The molecule has 0 radical (unpaired) electrons. The molecule has 0 atom stereocenters. The predicted octanol–water partition coefficient (Wildman–Crippen LogP) is 2.59. The molecule has 0 saturated heterocycles. The molecule has 0 N–H and O–H groups in total. The first-order valence-electron chi connectivity index (χ1n) is 5.41. The van der Waals surface area contributed by atoms with Crippen LogP contribution in [0.25, 0.3) is 0 Å². The highest BCUT2D eigenvalue weighted by Crippen LogP contribution is 2.28. The number of benzene rings is 1. The molecular weight excluding hydrogens is 268 g/mol. The molecule has 0 amide bonds. The molecule has 2 aromatic rings. The summed E-state index contributed by atoms with van der Waals surface area (Å²) in [5.41, 5.74) is 1.20. The number of aromatic nitrogens is 1. The van der Waals surface area contributed by atoms with Crippen molar-refractivity contribution in [2.24, 2.45) is 0 Å². The highest BCUT2D eigenvalue weighted by atomic mass is 32.2. The molecule has 0 fully saturated rings. The fraction of sp³-hybridized carbons (Fsp3) is 0.250. The number of thiazole rings is 1. The van der Waals surface area contributed by atoms with Crippen molar-refractivity contribution in [3.05, 3.63) is 41.0 Å². The van der Waals surface area contributed by atoms with Crippen LogP contribution < -0.4 is 4.31 Å². The Labute approximate surface area is 111 Å². The Kier molecular flexibility index (Phi) is 3.41. The van der Waals surface area contributed by atoms with Gasteiger partial charge < -0.3 is 0 Å². The molecule has 4 nitrogen and oxygen atoms in total. The van der Waals surface area contributed by atoms with Crippen LogP contribution in [0.1, 0.15) is 10.7 Å². The number of nitrogens with zero attached hydrogens (tertiary/aromatic N) is 2. The van der Waals surface area contributed by atoms with E-state index in [1.165, 1.54) is 15.6 Å². The van der Waals surface area contributed by atoms with E-state index in [4.69, 9.17) is 0 Å². The molecule has 0 spiro atoms. The van der Waals surface area contributed by atoms with E-state index in [1.54, 1.807) is 33.0 Å². The van der Waals surface area contributed by atoms with Crippen LogP contribution in [0.15, 0.2) is 34.5 Å². The summed E-state index contributed by atoms with van der Waals surface area (Å²) in [6, 6.07) is 9.01. The van der Waals surface area contributed by atoms with Crippen LogP contribution in [0.2, 0.25) is 0 Å². The third-order valence-electron chi connectivity index (χ3n) is 2.58. The van der Waals surface area contributed by atoms with Crippen LogP contribution in [0.3, 0.4) is 0 Å². The Hall–Kier alpha value is -1.40. The average Bonchev–Trinajstić information content (AvgIpc) is 2.69. The Morgan fingerprint density at radius 2 is 1.78 bits per heavy atom. The zero-order chi connectivity index (χ0) is 13.3. The van der Waals surface area contributed by atoms with E-state index in [0.29, 0.717) is 15.6 Å². The largest absolute Gasteiger partial charge is 0.275 e. The van der Waals surface area contributed by atoms with Gasteiger partial charge in [0.1, 0.15) is 0 Å². The van der Waals surface area contributed by atoms with E-state index in [-0.39, 0.29) is 0 Å². The molecule has 2 rings (SSSR count). The molecule has 0 aliphatic rings. The Balaban J connectivity index is 2.47. The van der Waals surface area contributed by atoms with Gasteiger partial charge in [0.15, 0.2) is 4.21 Å². The summed E-state index contributed by atoms with van der Waals surface area (Å²) in [5.74, 6) is 0. The van der Waals surface area contributed by atoms with Crippen LogP contribution in [-0.4, -0.2) is 20.4 Å². The molecule has 0 aliphatic heterocycles. The van der Waals surface area contributed by atoms with Gasteiger partial charge in [-0.05, 0) is 26.0 Å². The topological polar surface area (TPSA) is 50.3 Å². The van der Waals surface area contributed by atoms with E-state index in [9.17, 15) is 8.42 Å². The van der Waals surface area contributed by atoms with Crippen LogP contribution in [0.4, 0.5) is 5.69 Å². The number of rotatable bonds is 3. The van der Waals surface area contributed by atoms with Gasteiger partial charge in [-0.2, -0.15) is 0 Å². The van der Waals surface area contributed by atoms with Crippen molar-refractivity contribution in [2.45, 2.75) is 18.1 Å². The van der Waals surface area contributed by atoms with Crippen molar-refractivity contribution in [2.75, 3.05) is 11.4 Å². The van der Waals surface area contributed by atoms with E-state index >= 15 is 0 Å². The summed E-state index contributed by atoms with van der Waals surface area (Å²) in [7, 11) is -1.96. The van der Waals surface area contributed by atoms with Gasteiger partial charge in [-0.3, -0.25) is 4.31 Å². The summed E-state index contributed by atoms with van der Waals surface area (Å²) in [6.45, 7) is 3.52. The molecule has 1 heterocycles. The first-order chi connectivity index (χ1) is 8.43. The van der Waals surface area contributed by atoms with Gasteiger partial charge in [-0.15, -0.1) is 11.3 Å². The molecule has 0 saturated carbocycles. The highest BCUT2D eigenvalue weighted by molar-refractivity contribution is 7.94. The zero-order valence-corrected chi connectivity index (χ0v) is 12.0. The summed E-state index contributed by atoms with van der Waals surface area (Å²) in [4.78, 5) is 4.17. The SMILES string of the molecule is Cc1nc(C)c(S(=O)(=O)N(C)c2ccccc2)s1. The standard InChI is InChI=1S/C12H14N2O2S2/c1-9-12(17-10(2)13-9)18(15,16)14(3)11-7-5-4-6-8-11/h4-8H,1-3H3. The predicted molar refractivity (Wildman–Crippen MR) is 73.6 cm³/mol. The first kappa shape index (κ1) is 13.0. The normalized spacial score (nSPS) is 11.5. The molecule has 96 valence electrons. The van der Waals surface area contributed by atoms with E-state index in [2.05, 4.69) is 4.98 Å². The highest BCUT2D eigenvalue weighted by Gasteiger charge is 2.26. The lowest BCUT2D eigenvalue weighted by Crippen LogP contribution is -2.26. The van der Waals surface area contributed by atoms with Crippen molar-refractivity contribution in [3.63, 3.8) is 0 Å². The van der Waals surface area contributed by atoms with Crippen LogP contribution in [0, 0.1) is 13.8 Å². The Morgan fingerprint density at radius 3 is 2.28 bits per heavy atom. The Bertz CT molecular complexity index is 648. The minimum absolute atomic E-state index is 0.311. The third kappa shape index (κ3) is 2.26. The second-order valence-corrected chi connectivity index (χ2v) is 7.28. The maximum Gasteiger partial charge on any atom is 0.275 e. The average molecular weight is 282 g/mol. The fourth-order valence-corrected chi connectivity index (χ4v) is 4.48. The summed E-state index contributed by atoms with van der Waals surface area (Å²) in [5, 5.41) is 0.757. The maximum absolute atomic E-state index is 12.5. The summed E-state index contributed by atoms with van der Waals surface area (Å²) >= 11 is 1.20. The number of hydrogen-bond donors (Lipinski definition) is 0. The van der Waals surface area contributed by atoms with Gasteiger partial charge in [-0.25, -0.2) is 13.4 Å². The minimum Gasteiger partial charge on any atom is -0.269 e. The second kappa shape index (κ2) is 4.70. The molecule has 18 heavy (non-hydrogen) atoms. The van der Waals surface area contributed by atoms with Crippen molar-refractivity contribution >= 4 is 27.0 Å². The Morgan fingerprint density at radius 1 is 1.17 bits per heavy atom. The molecule has 1 aromatic carbocycles. The van der Waals surface area contributed by atoms with Gasteiger partial charge in [0.2, 0.25) is 0 Å². The van der Waals surface area contributed by atoms with Crippen LogP contribution >= 0.6 is 11.3 Å². The third-order valence-corrected chi connectivity index (χ3v) is 6.02. The van der Waals surface area contributed by atoms with Gasteiger partial charge in [0.05, 0.1) is 16.4 Å². The van der Waals surface area contributed by atoms with Crippen molar-refractivity contribution < 1.29 is 8.42 Å². The van der Waals surface area contributed by atoms with Crippen molar-refractivity contribution in [1.29, 1.82) is 0 Å². The summed E-state index contributed by atoms with van der Waals surface area (Å²) in [6.07, 6.45) is 0. The minimum atomic E-state index is -3.51. The number of sulfonamides is 1. The van der Waals surface area contributed by atoms with Crippen molar-refractivity contribution in [1.82, 2.24) is 4.98 Å². The number of aryl methyl sites for hydroxylation is 2. The van der Waals surface area contributed by atoms with Gasteiger partial charge in [-0.1, -0.05) is 18.2 Å². The molecule has 6 heteroatoms. The van der Waals surface area contributed by atoms with Crippen LogP contribution in [0.5, 0.6) is 0 Å². The molecular formula is C12H14N2O2S2. The van der Waals surface area contributed by atoms with E-state index < -0.39 is 10.0 Å². The number of para-hydroxylation sites is 1. The fourth-order valence-electron chi connectivity index (χ4n) is 1.65. The van der Waals surface area contributed by atoms with Crippen molar-refractivity contribution in [3.8, 4) is 0 Å². The van der Waals surface area contributed by atoms with E-state index in [0.717, 1.165) is 5.01 Å². The van der Waals surface area contributed by atoms with Gasteiger partial charge in [0, 0.05) is 7.05 Å². The molecule has 0 bridgehead atoms. The maximum atomic E-state index is 12.5. The quantitative estimate of drug-likeness (QED) is 0.869. The van der Waals surface area contributed by atoms with Crippen LogP contribution in [-0.2, 0) is 10.0 Å². The smallest absolute Gasteiger partial charge is 0.269 e. The lowest BCUT2D eigenvalue weighted by atomic mass is 10.3. The first-order valence-corrected chi connectivity index (χ1v) is 7.66. The number of hydrogen-bond acceptors (Lipinski definition) is 4. The molecule has 0 unspecified atom stereocenters. The molecule has 0 aliphatic carbocycles. The monoisotopic (exact) mass is 282 g/mol. The second-order valence-electron chi connectivity index (χ2n) is 3.91. The van der Waals surface area contributed by atoms with E-state index in [1.807, 2.05) is 18.2 Å². The lowest BCUT2D eigenvalue weighted by molar-refractivity contribution is 0.595.